The molecule has 0 radical (unpaired) electrons. The van der Waals surface area contributed by atoms with E-state index >= 15 is 0 Å². The second-order valence-corrected chi connectivity index (χ2v) is 4.67. The van der Waals surface area contributed by atoms with Crippen LogP contribution >= 0.6 is 0 Å². The molecule has 0 aromatic heterocycles. The molecular weight excluding hydrogens is 246 g/mol. The third-order valence-corrected chi connectivity index (χ3v) is 3.10. The molecule has 1 saturated carbocycles. The van der Waals surface area contributed by atoms with Crippen LogP contribution in [0.2, 0.25) is 0 Å². The maximum absolute atomic E-state index is 11.5. The molecule has 0 aliphatic heterocycles. The summed E-state index contributed by atoms with van der Waals surface area (Å²) in [5.74, 6) is 1.49. The summed E-state index contributed by atoms with van der Waals surface area (Å²) >= 11 is 0. The maximum atomic E-state index is 11.5. The van der Waals surface area contributed by atoms with Gasteiger partial charge in [0.05, 0.1) is 13.2 Å². The van der Waals surface area contributed by atoms with Crippen molar-refractivity contribution in [2.24, 2.45) is 5.92 Å². The van der Waals surface area contributed by atoms with Crippen molar-refractivity contribution < 1.29 is 19.4 Å². The van der Waals surface area contributed by atoms with Crippen LogP contribution in [0.15, 0.2) is 24.3 Å². The Labute approximate surface area is 112 Å². The number of hydrogen-bond acceptors (Lipinski definition) is 4. The number of rotatable bonds is 7. The minimum Gasteiger partial charge on any atom is -0.497 e. The molecule has 1 aromatic carbocycles. The van der Waals surface area contributed by atoms with Gasteiger partial charge in [-0.1, -0.05) is 0 Å². The van der Waals surface area contributed by atoms with Gasteiger partial charge in [0.2, 0.25) is 0 Å². The van der Waals surface area contributed by atoms with Crippen molar-refractivity contribution in [1.29, 1.82) is 0 Å². The molecule has 1 aliphatic carbocycles. The Kier molecular flexibility index (Phi) is 4.63. The van der Waals surface area contributed by atoms with Crippen LogP contribution in [0, 0.1) is 5.92 Å². The number of nitrogens with one attached hydrogen (secondary N) is 1. The van der Waals surface area contributed by atoms with Crippen LogP contribution in [0.25, 0.3) is 0 Å². The average molecular weight is 265 g/mol. The van der Waals surface area contributed by atoms with E-state index in [4.69, 9.17) is 9.47 Å². The van der Waals surface area contributed by atoms with E-state index in [9.17, 15) is 9.90 Å². The van der Waals surface area contributed by atoms with Crippen molar-refractivity contribution >= 4 is 5.91 Å². The first-order chi connectivity index (χ1) is 9.19. The fraction of sp³-hybridized carbons (Fsp3) is 0.500. The fourth-order valence-electron chi connectivity index (χ4n) is 1.74. The van der Waals surface area contributed by atoms with Gasteiger partial charge in [-0.3, -0.25) is 4.79 Å². The zero-order valence-corrected chi connectivity index (χ0v) is 11.0. The molecule has 1 fully saturated rings. The predicted molar refractivity (Wildman–Crippen MR) is 70.2 cm³/mol. The zero-order chi connectivity index (χ0) is 13.7. The van der Waals surface area contributed by atoms with E-state index in [0.29, 0.717) is 18.2 Å². The van der Waals surface area contributed by atoms with Crippen molar-refractivity contribution in [1.82, 2.24) is 5.32 Å². The Hall–Kier alpha value is -1.75. The molecule has 1 amide bonds. The van der Waals surface area contributed by atoms with Crippen molar-refractivity contribution in [3.05, 3.63) is 24.3 Å². The van der Waals surface area contributed by atoms with Crippen LogP contribution in [0.5, 0.6) is 11.5 Å². The second kappa shape index (κ2) is 6.43. The number of aliphatic hydroxyl groups excluding tert-OH is 1. The highest BCUT2D eigenvalue weighted by Gasteiger charge is 2.29. The van der Waals surface area contributed by atoms with Crippen LogP contribution in [0.3, 0.4) is 0 Å². The number of aliphatic hydroxyl groups is 1. The molecule has 1 unspecified atom stereocenters. The molecule has 1 aromatic rings. The summed E-state index contributed by atoms with van der Waals surface area (Å²) in [4.78, 5) is 11.5. The Morgan fingerprint density at radius 1 is 1.37 bits per heavy atom. The van der Waals surface area contributed by atoms with Crippen LogP contribution in [-0.2, 0) is 4.79 Å². The molecule has 5 heteroatoms. The van der Waals surface area contributed by atoms with E-state index in [-0.39, 0.29) is 12.5 Å². The van der Waals surface area contributed by atoms with Gasteiger partial charge < -0.3 is 19.9 Å². The van der Waals surface area contributed by atoms with Crippen molar-refractivity contribution in [3.63, 3.8) is 0 Å². The van der Waals surface area contributed by atoms with Crippen molar-refractivity contribution in [2.75, 3.05) is 20.3 Å². The van der Waals surface area contributed by atoms with Crippen LogP contribution in [0.1, 0.15) is 12.8 Å². The molecule has 5 nitrogen and oxygen atoms in total. The molecule has 0 heterocycles. The maximum Gasteiger partial charge on any atom is 0.258 e. The van der Waals surface area contributed by atoms with Gasteiger partial charge in [-0.25, -0.2) is 0 Å². The summed E-state index contributed by atoms with van der Waals surface area (Å²) in [6, 6.07) is 7.02. The Morgan fingerprint density at radius 3 is 2.58 bits per heavy atom. The summed E-state index contributed by atoms with van der Waals surface area (Å²) < 4.78 is 10.4. The van der Waals surface area contributed by atoms with E-state index in [1.54, 1.807) is 31.4 Å². The lowest BCUT2D eigenvalue weighted by atomic mass is 10.2. The number of ether oxygens (including phenoxy) is 2. The summed E-state index contributed by atoms with van der Waals surface area (Å²) in [6.07, 6.45) is 1.68. The normalized spacial score (nSPS) is 15.7. The van der Waals surface area contributed by atoms with Gasteiger partial charge in [-0.2, -0.15) is 0 Å². The van der Waals surface area contributed by atoms with Gasteiger partial charge in [-0.15, -0.1) is 0 Å². The molecule has 2 rings (SSSR count). The number of carbonyl (C=O) groups excluding carboxylic acids is 1. The Morgan fingerprint density at radius 2 is 2.00 bits per heavy atom. The van der Waals surface area contributed by atoms with Crippen LogP contribution in [-0.4, -0.2) is 37.4 Å². The van der Waals surface area contributed by atoms with Crippen molar-refractivity contribution in [2.45, 2.75) is 18.9 Å². The monoisotopic (exact) mass is 265 g/mol. The van der Waals surface area contributed by atoms with Gasteiger partial charge in [-0.05, 0) is 43.0 Å². The summed E-state index contributed by atoms with van der Waals surface area (Å²) in [7, 11) is 1.59. The molecule has 1 atom stereocenters. The first-order valence-corrected chi connectivity index (χ1v) is 6.40. The summed E-state index contributed by atoms with van der Waals surface area (Å²) in [6.45, 7) is 0.249. The molecule has 0 bridgehead atoms. The quantitative estimate of drug-likeness (QED) is 0.770. The van der Waals surface area contributed by atoms with E-state index in [0.717, 1.165) is 18.6 Å². The lowest BCUT2D eigenvalue weighted by Crippen LogP contribution is -2.36. The molecule has 2 N–H and O–H groups in total. The first-order valence-electron chi connectivity index (χ1n) is 6.40. The smallest absolute Gasteiger partial charge is 0.258 e. The van der Waals surface area contributed by atoms with E-state index in [2.05, 4.69) is 5.32 Å². The van der Waals surface area contributed by atoms with Crippen LogP contribution in [0.4, 0.5) is 0 Å². The standard InChI is InChI=1S/C14H19NO4/c1-18-11-4-6-12(7-5-11)19-9-14(17)15-8-13(16)10-2-3-10/h4-7,10,13,16H,2-3,8-9H2,1H3,(H,15,17). The summed E-state index contributed by atoms with van der Waals surface area (Å²) in [5, 5.41) is 12.3. The lowest BCUT2D eigenvalue weighted by Gasteiger charge is -2.11. The average Bonchev–Trinajstić information content (AvgIpc) is 3.27. The van der Waals surface area contributed by atoms with Gasteiger partial charge in [0.1, 0.15) is 11.5 Å². The highest BCUT2D eigenvalue weighted by Crippen LogP contribution is 2.32. The van der Waals surface area contributed by atoms with Gasteiger partial charge in [0.25, 0.3) is 5.91 Å². The summed E-state index contributed by atoms with van der Waals surface area (Å²) in [5.41, 5.74) is 0. The van der Waals surface area contributed by atoms with Gasteiger partial charge in [0.15, 0.2) is 6.61 Å². The minimum absolute atomic E-state index is 0.0519. The molecule has 0 spiro atoms. The number of methoxy groups -OCH3 is 1. The predicted octanol–water partition coefficient (Wildman–Crippen LogP) is 0.961. The largest absolute Gasteiger partial charge is 0.497 e. The molecular formula is C14H19NO4. The van der Waals surface area contributed by atoms with Gasteiger partial charge >= 0.3 is 0 Å². The Bertz CT molecular complexity index is 414. The highest BCUT2D eigenvalue weighted by molar-refractivity contribution is 5.77. The molecule has 0 saturated heterocycles. The fourth-order valence-corrected chi connectivity index (χ4v) is 1.74. The number of amides is 1. The number of hydrogen-bond donors (Lipinski definition) is 2. The molecule has 104 valence electrons. The Balaban J connectivity index is 1.67. The lowest BCUT2D eigenvalue weighted by molar-refractivity contribution is -0.123. The SMILES string of the molecule is COc1ccc(OCC(=O)NCC(O)C2CC2)cc1. The third kappa shape index (κ3) is 4.44. The van der Waals surface area contributed by atoms with Gasteiger partial charge in [0, 0.05) is 6.54 Å². The first kappa shape index (κ1) is 13.7. The van der Waals surface area contributed by atoms with E-state index in [1.807, 2.05) is 0 Å². The number of benzene rings is 1. The topological polar surface area (TPSA) is 67.8 Å². The molecule has 1 aliphatic rings. The minimum atomic E-state index is -0.426. The van der Waals surface area contributed by atoms with Crippen LogP contribution < -0.4 is 14.8 Å². The zero-order valence-electron chi connectivity index (χ0n) is 11.0. The van der Waals surface area contributed by atoms with E-state index < -0.39 is 6.10 Å². The van der Waals surface area contributed by atoms with Crippen molar-refractivity contribution in [3.8, 4) is 11.5 Å². The second-order valence-electron chi connectivity index (χ2n) is 4.67. The molecule has 19 heavy (non-hydrogen) atoms. The highest BCUT2D eigenvalue weighted by atomic mass is 16.5. The number of carbonyl (C=O) groups is 1. The third-order valence-electron chi connectivity index (χ3n) is 3.10. The van der Waals surface area contributed by atoms with E-state index in [1.165, 1.54) is 0 Å².